The molecule has 1 N–H and O–H groups in total. The van der Waals surface area contributed by atoms with Crippen LogP contribution in [0.3, 0.4) is 0 Å². The summed E-state index contributed by atoms with van der Waals surface area (Å²) in [6.07, 6.45) is 0. The first-order valence-electron chi connectivity index (χ1n) is 5.51. The number of hydrogen-bond acceptors (Lipinski definition) is 2. The molecule has 0 saturated heterocycles. The Balaban J connectivity index is 2.39. The molecule has 0 aliphatic rings. The monoisotopic (exact) mass is 225 g/mol. The molecule has 1 aromatic carbocycles. The first-order valence-corrected chi connectivity index (χ1v) is 5.51. The quantitative estimate of drug-likeness (QED) is 0.803. The van der Waals surface area contributed by atoms with Crippen LogP contribution in [0.2, 0.25) is 0 Å². The van der Waals surface area contributed by atoms with Crippen LogP contribution in [-0.2, 0) is 11.3 Å². The van der Waals surface area contributed by atoms with Gasteiger partial charge in [0.1, 0.15) is 5.82 Å². The second-order valence-corrected chi connectivity index (χ2v) is 4.78. The van der Waals surface area contributed by atoms with Crippen molar-refractivity contribution in [2.45, 2.75) is 20.5 Å². The Labute approximate surface area is 96.8 Å². The molecule has 1 aromatic rings. The van der Waals surface area contributed by atoms with Crippen LogP contribution in [0, 0.1) is 11.2 Å². The number of nitrogens with one attached hydrogen (secondary N) is 1. The Kier molecular flexibility index (Phi) is 4.90. The fourth-order valence-electron chi connectivity index (χ4n) is 1.58. The van der Waals surface area contributed by atoms with E-state index in [1.807, 2.05) is 13.1 Å². The van der Waals surface area contributed by atoms with Crippen LogP contribution in [0.4, 0.5) is 4.39 Å². The Morgan fingerprint density at radius 1 is 1.31 bits per heavy atom. The van der Waals surface area contributed by atoms with Crippen molar-refractivity contribution in [1.82, 2.24) is 5.32 Å². The topological polar surface area (TPSA) is 21.3 Å². The number of ether oxygens (including phenoxy) is 1. The first kappa shape index (κ1) is 13.1. The Morgan fingerprint density at radius 3 is 2.62 bits per heavy atom. The standard InChI is InChI=1S/C13H20FNO/c1-13(2,9-15-3)10-16-8-11-6-4-5-7-12(11)14/h4-7,15H,8-10H2,1-3H3. The van der Waals surface area contributed by atoms with Gasteiger partial charge >= 0.3 is 0 Å². The molecule has 0 bridgehead atoms. The van der Waals surface area contributed by atoms with E-state index in [9.17, 15) is 4.39 Å². The van der Waals surface area contributed by atoms with Gasteiger partial charge in [0.25, 0.3) is 0 Å². The average Bonchev–Trinajstić information content (AvgIpc) is 2.20. The second-order valence-electron chi connectivity index (χ2n) is 4.78. The van der Waals surface area contributed by atoms with E-state index in [1.165, 1.54) is 6.07 Å². The molecule has 0 heterocycles. The zero-order valence-corrected chi connectivity index (χ0v) is 10.2. The predicted molar refractivity (Wildman–Crippen MR) is 63.8 cm³/mol. The van der Waals surface area contributed by atoms with E-state index in [-0.39, 0.29) is 11.2 Å². The maximum Gasteiger partial charge on any atom is 0.128 e. The molecule has 3 heteroatoms. The summed E-state index contributed by atoms with van der Waals surface area (Å²) in [4.78, 5) is 0. The second kappa shape index (κ2) is 5.97. The zero-order valence-electron chi connectivity index (χ0n) is 10.2. The van der Waals surface area contributed by atoms with Crippen molar-refractivity contribution in [3.63, 3.8) is 0 Å². The molecular weight excluding hydrogens is 205 g/mol. The van der Waals surface area contributed by atoms with Gasteiger partial charge in [-0.05, 0) is 13.1 Å². The number of benzene rings is 1. The van der Waals surface area contributed by atoms with Gasteiger partial charge in [0.2, 0.25) is 0 Å². The van der Waals surface area contributed by atoms with Crippen molar-refractivity contribution in [3.8, 4) is 0 Å². The lowest BCUT2D eigenvalue weighted by Crippen LogP contribution is -2.31. The number of hydrogen-bond donors (Lipinski definition) is 1. The lowest BCUT2D eigenvalue weighted by Gasteiger charge is -2.23. The highest BCUT2D eigenvalue weighted by atomic mass is 19.1. The summed E-state index contributed by atoms with van der Waals surface area (Å²) in [5.41, 5.74) is 0.683. The molecule has 0 radical (unpaired) electrons. The summed E-state index contributed by atoms with van der Waals surface area (Å²) < 4.78 is 18.8. The lowest BCUT2D eigenvalue weighted by atomic mass is 9.95. The molecule has 0 atom stereocenters. The molecule has 16 heavy (non-hydrogen) atoms. The molecule has 0 aliphatic heterocycles. The molecule has 0 unspecified atom stereocenters. The maximum atomic E-state index is 13.3. The highest BCUT2D eigenvalue weighted by Crippen LogP contribution is 2.15. The minimum Gasteiger partial charge on any atom is -0.376 e. The molecular formula is C13H20FNO. The molecule has 1 rings (SSSR count). The fraction of sp³-hybridized carbons (Fsp3) is 0.538. The SMILES string of the molecule is CNCC(C)(C)COCc1ccccc1F. The van der Waals surface area contributed by atoms with E-state index in [0.717, 1.165) is 6.54 Å². The van der Waals surface area contributed by atoms with Crippen molar-refractivity contribution < 1.29 is 9.13 Å². The van der Waals surface area contributed by atoms with E-state index in [4.69, 9.17) is 4.74 Å². The van der Waals surface area contributed by atoms with Gasteiger partial charge in [0.15, 0.2) is 0 Å². The van der Waals surface area contributed by atoms with E-state index in [1.54, 1.807) is 12.1 Å². The highest BCUT2D eigenvalue weighted by molar-refractivity contribution is 5.16. The summed E-state index contributed by atoms with van der Waals surface area (Å²) in [7, 11) is 1.92. The minimum absolute atomic E-state index is 0.0695. The minimum atomic E-state index is -0.200. The smallest absolute Gasteiger partial charge is 0.128 e. The number of rotatable bonds is 6. The van der Waals surface area contributed by atoms with Gasteiger partial charge < -0.3 is 10.1 Å². The normalized spacial score (nSPS) is 11.8. The average molecular weight is 225 g/mol. The fourth-order valence-corrected chi connectivity index (χ4v) is 1.58. The van der Waals surface area contributed by atoms with Crippen LogP contribution in [0.15, 0.2) is 24.3 Å². The Bertz CT molecular complexity index is 325. The Hall–Kier alpha value is -0.930. The zero-order chi connectivity index (χ0) is 12.0. The maximum absolute atomic E-state index is 13.3. The molecule has 0 aliphatic carbocycles. The van der Waals surface area contributed by atoms with Crippen LogP contribution in [-0.4, -0.2) is 20.2 Å². The van der Waals surface area contributed by atoms with Crippen molar-refractivity contribution in [2.24, 2.45) is 5.41 Å². The van der Waals surface area contributed by atoms with Gasteiger partial charge in [0.05, 0.1) is 13.2 Å². The summed E-state index contributed by atoms with van der Waals surface area (Å²) >= 11 is 0. The molecule has 0 amide bonds. The van der Waals surface area contributed by atoms with Crippen LogP contribution in [0.5, 0.6) is 0 Å². The molecule has 0 spiro atoms. The third-order valence-corrected chi connectivity index (χ3v) is 2.36. The molecule has 90 valence electrons. The summed E-state index contributed by atoms with van der Waals surface area (Å²) in [6, 6.07) is 6.71. The van der Waals surface area contributed by atoms with Gasteiger partial charge in [-0.3, -0.25) is 0 Å². The molecule has 0 saturated carbocycles. The summed E-state index contributed by atoms with van der Waals surface area (Å²) in [5, 5.41) is 3.11. The van der Waals surface area contributed by atoms with Gasteiger partial charge in [-0.25, -0.2) is 4.39 Å². The van der Waals surface area contributed by atoms with E-state index >= 15 is 0 Å². The largest absolute Gasteiger partial charge is 0.376 e. The van der Waals surface area contributed by atoms with E-state index < -0.39 is 0 Å². The highest BCUT2D eigenvalue weighted by Gasteiger charge is 2.17. The summed E-state index contributed by atoms with van der Waals surface area (Å²) in [6.45, 7) is 6.06. The first-order chi connectivity index (χ1) is 7.55. The van der Waals surface area contributed by atoms with Gasteiger partial charge in [-0.2, -0.15) is 0 Å². The van der Waals surface area contributed by atoms with Crippen LogP contribution in [0.25, 0.3) is 0 Å². The van der Waals surface area contributed by atoms with Gasteiger partial charge in [-0.15, -0.1) is 0 Å². The molecule has 0 fully saturated rings. The predicted octanol–water partition coefficient (Wildman–Crippen LogP) is 2.59. The van der Waals surface area contributed by atoms with Gasteiger partial charge in [-0.1, -0.05) is 32.0 Å². The third-order valence-electron chi connectivity index (χ3n) is 2.36. The van der Waals surface area contributed by atoms with Crippen molar-refractivity contribution in [3.05, 3.63) is 35.6 Å². The molecule has 0 aromatic heterocycles. The summed E-state index contributed by atoms with van der Waals surface area (Å²) in [5.74, 6) is -0.200. The van der Waals surface area contributed by atoms with Crippen LogP contribution >= 0.6 is 0 Å². The van der Waals surface area contributed by atoms with Gasteiger partial charge in [0, 0.05) is 17.5 Å². The Morgan fingerprint density at radius 2 is 2.00 bits per heavy atom. The van der Waals surface area contributed by atoms with Crippen LogP contribution < -0.4 is 5.32 Å². The van der Waals surface area contributed by atoms with Crippen molar-refractivity contribution in [2.75, 3.05) is 20.2 Å². The molecule has 2 nitrogen and oxygen atoms in total. The number of halogens is 1. The lowest BCUT2D eigenvalue weighted by molar-refractivity contribution is 0.0507. The van der Waals surface area contributed by atoms with E-state index in [2.05, 4.69) is 19.2 Å². The van der Waals surface area contributed by atoms with E-state index in [0.29, 0.717) is 18.8 Å². The van der Waals surface area contributed by atoms with Crippen LogP contribution in [0.1, 0.15) is 19.4 Å². The third kappa shape index (κ3) is 4.29. The van der Waals surface area contributed by atoms with Crippen molar-refractivity contribution >= 4 is 0 Å². The van der Waals surface area contributed by atoms with Crippen molar-refractivity contribution in [1.29, 1.82) is 0 Å².